The summed E-state index contributed by atoms with van der Waals surface area (Å²) in [5.41, 5.74) is 6.29. The Hall–Kier alpha value is -0.0800. The van der Waals surface area contributed by atoms with Crippen LogP contribution in [0.5, 0.6) is 0 Å². The van der Waals surface area contributed by atoms with Crippen molar-refractivity contribution in [1.82, 2.24) is 10.9 Å². The summed E-state index contributed by atoms with van der Waals surface area (Å²) in [4.78, 5) is 0. The minimum atomic E-state index is 0.667. The van der Waals surface area contributed by atoms with Gasteiger partial charge in [-0.15, -0.1) is 0 Å². The van der Waals surface area contributed by atoms with E-state index in [9.17, 15) is 0 Å². The molecule has 0 aromatic carbocycles. The molecule has 0 saturated carbocycles. The third-order valence-corrected chi connectivity index (χ3v) is 1.93. The van der Waals surface area contributed by atoms with Gasteiger partial charge in [-0.2, -0.15) is 0 Å². The summed E-state index contributed by atoms with van der Waals surface area (Å²) in [5.74, 6) is 0.843. The summed E-state index contributed by atoms with van der Waals surface area (Å²) in [6.07, 6.45) is 1.28. The van der Waals surface area contributed by atoms with Crippen molar-refractivity contribution < 1.29 is 0 Å². The van der Waals surface area contributed by atoms with Gasteiger partial charge in [0.25, 0.3) is 0 Å². The van der Waals surface area contributed by atoms with E-state index in [1.165, 1.54) is 6.42 Å². The smallest absolute Gasteiger partial charge is 0.0225 e. The van der Waals surface area contributed by atoms with Crippen molar-refractivity contribution in [2.45, 2.75) is 26.3 Å². The van der Waals surface area contributed by atoms with Crippen LogP contribution in [0.1, 0.15) is 20.3 Å². The van der Waals surface area contributed by atoms with Crippen LogP contribution < -0.4 is 10.9 Å². The Morgan fingerprint density at radius 3 is 2.62 bits per heavy atom. The van der Waals surface area contributed by atoms with E-state index in [0.717, 1.165) is 12.5 Å². The normalized spacial score (nSPS) is 38.2. The number of hydrazine groups is 1. The molecule has 1 saturated heterocycles. The molecular formula is C6H14N2. The predicted molar refractivity (Wildman–Crippen MR) is 34.4 cm³/mol. The van der Waals surface area contributed by atoms with Gasteiger partial charge >= 0.3 is 0 Å². The zero-order valence-corrected chi connectivity index (χ0v) is 5.57. The standard InChI is InChI=1S/C6H14N2/c1-3-6-4-7-8-5(6)2/h5-8H,3-4H2,1-2H3/t5-,6-/m1/s1. The van der Waals surface area contributed by atoms with Crippen LogP contribution in [0.4, 0.5) is 0 Å². The van der Waals surface area contributed by atoms with E-state index >= 15 is 0 Å². The van der Waals surface area contributed by atoms with Crippen LogP contribution in [0.25, 0.3) is 0 Å². The monoisotopic (exact) mass is 114 g/mol. The molecule has 0 amide bonds. The van der Waals surface area contributed by atoms with Crippen LogP contribution in [0.2, 0.25) is 0 Å². The Kier molecular flexibility index (Phi) is 1.86. The second kappa shape index (κ2) is 2.46. The van der Waals surface area contributed by atoms with Crippen LogP contribution in [-0.2, 0) is 0 Å². The highest BCUT2D eigenvalue weighted by molar-refractivity contribution is 4.76. The van der Waals surface area contributed by atoms with Crippen molar-refractivity contribution in [3.63, 3.8) is 0 Å². The first-order valence-corrected chi connectivity index (χ1v) is 3.33. The molecule has 0 unspecified atom stereocenters. The van der Waals surface area contributed by atoms with E-state index in [-0.39, 0.29) is 0 Å². The molecule has 1 aliphatic heterocycles. The third kappa shape index (κ3) is 1.01. The lowest BCUT2D eigenvalue weighted by atomic mass is 10.0. The first-order valence-electron chi connectivity index (χ1n) is 3.33. The van der Waals surface area contributed by atoms with Gasteiger partial charge in [0.05, 0.1) is 0 Å². The van der Waals surface area contributed by atoms with E-state index in [0.29, 0.717) is 6.04 Å². The molecule has 1 aliphatic rings. The van der Waals surface area contributed by atoms with Gasteiger partial charge in [0.15, 0.2) is 0 Å². The maximum absolute atomic E-state index is 3.17. The molecule has 0 aromatic rings. The minimum Gasteiger partial charge on any atom is -0.257 e. The molecule has 0 radical (unpaired) electrons. The summed E-state index contributed by atoms with van der Waals surface area (Å²) in [7, 11) is 0. The van der Waals surface area contributed by atoms with Gasteiger partial charge in [-0.3, -0.25) is 10.9 Å². The SMILES string of the molecule is CC[C@@H]1CNN[C@@H]1C. The molecule has 0 aromatic heterocycles. The molecule has 0 bridgehead atoms. The average molecular weight is 114 g/mol. The average Bonchev–Trinajstić information content (AvgIpc) is 2.14. The van der Waals surface area contributed by atoms with Crippen molar-refractivity contribution >= 4 is 0 Å². The summed E-state index contributed by atoms with van der Waals surface area (Å²) in [5, 5.41) is 0. The number of hydrogen-bond donors (Lipinski definition) is 2. The lowest BCUT2D eigenvalue weighted by Gasteiger charge is -2.08. The van der Waals surface area contributed by atoms with Gasteiger partial charge in [0.2, 0.25) is 0 Å². The first kappa shape index (κ1) is 6.05. The Morgan fingerprint density at radius 2 is 2.38 bits per heavy atom. The Labute approximate surface area is 50.6 Å². The lowest BCUT2D eigenvalue weighted by Crippen LogP contribution is -2.28. The molecule has 0 spiro atoms. The van der Waals surface area contributed by atoms with E-state index in [1.807, 2.05) is 0 Å². The van der Waals surface area contributed by atoms with Crippen molar-refractivity contribution in [3.05, 3.63) is 0 Å². The van der Waals surface area contributed by atoms with E-state index in [1.54, 1.807) is 0 Å². The molecule has 1 fully saturated rings. The number of nitrogens with one attached hydrogen (secondary N) is 2. The second-order valence-electron chi connectivity index (χ2n) is 2.48. The largest absolute Gasteiger partial charge is 0.257 e. The van der Waals surface area contributed by atoms with Gasteiger partial charge < -0.3 is 0 Å². The predicted octanol–water partition coefficient (Wildman–Crippen LogP) is 0.509. The van der Waals surface area contributed by atoms with Crippen LogP contribution in [0.3, 0.4) is 0 Å². The quantitative estimate of drug-likeness (QED) is 0.519. The number of rotatable bonds is 1. The molecule has 2 atom stereocenters. The summed E-state index contributed by atoms with van der Waals surface area (Å²) >= 11 is 0. The Bertz CT molecular complexity index is 72.9. The van der Waals surface area contributed by atoms with Gasteiger partial charge in [-0.1, -0.05) is 13.3 Å². The van der Waals surface area contributed by atoms with Crippen molar-refractivity contribution in [2.75, 3.05) is 6.54 Å². The van der Waals surface area contributed by atoms with Crippen molar-refractivity contribution in [1.29, 1.82) is 0 Å². The van der Waals surface area contributed by atoms with Gasteiger partial charge in [-0.25, -0.2) is 0 Å². The summed E-state index contributed by atoms with van der Waals surface area (Å²) in [6, 6.07) is 0.667. The highest BCUT2D eigenvalue weighted by atomic mass is 15.4. The molecule has 2 heteroatoms. The molecule has 2 nitrogen and oxygen atoms in total. The number of hydrogen-bond acceptors (Lipinski definition) is 2. The first-order chi connectivity index (χ1) is 3.84. The van der Waals surface area contributed by atoms with E-state index in [2.05, 4.69) is 24.7 Å². The van der Waals surface area contributed by atoms with Crippen molar-refractivity contribution in [2.24, 2.45) is 5.92 Å². The Morgan fingerprint density at radius 1 is 1.62 bits per heavy atom. The van der Waals surface area contributed by atoms with Gasteiger partial charge in [0.1, 0.15) is 0 Å². The van der Waals surface area contributed by atoms with Crippen LogP contribution >= 0.6 is 0 Å². The van der Waals surface area contributed by atoms with E-state index in [4.69, 9.17) is 0 Å². The minimum absolute atomic E-state index is 0.667. The molecule has 1 rings (SSSR count). The molecule has 2 N–H and O–H groups in total. The fourth-order valence-electron chi connectivity index (χ4n) is 1.14. The fraction of sp³-hybridized carbons (Fsp3) is 1.00. The molecule has 8 heavy (non-hydrogen) atoms. The van der Waals surface area contributed by atoms with E-state index < -0.39 is 0 Å². The molecule has 48 valence electrons. The highest BCUT2D eigenvalue weighted by Crippen LogP contribution is 2.09. The third-order valence-electron chi connectivity index (χ3n) is 1.93. The lowest BCUT2D eigenvalue weighted by molar-refractivity contribution is 0.478. The Balaban J connectivity index is 2.30. The zero-order valence-electron chi connectivity index (χ0n) is 5.57. The zero-order chi connectivity index (χ0) is 5.98. The van der Waals surface area contributed by atoms with Crippen LogP contribution in [0.15, 0.2) is 0 Å². The molecule has 1 heterocycles. The molecular weight excluding hydrogens is 100 g/mol. The summed E-state index contributed by atoms with van der Waals surface area (Å²) in [6.45, 7) is 5.58. The van der Waals surface area contributed by atoms with Gasteiger partial charge in [-0.05, 0) is 12.8 Å². The topological polar surface area (TPSA) is 24.1 Å². The summed E-state index contributed by atoms with van der Waals surface area (Å²) < 4.78 is 0. The highest BCUT2D eigenvalue weighted by Gasteiger charge is 2.19. The van der Waals surface area contributed by atoms with Crippen molar-refractivity contribution in [3.8, 4) is 0 Å². The van der Waals surface area contributed by atoms with Crippen LogP contribution in [-0.4, -0.2) is 12.6 Å². The second-order valence-corrected chi connectivity index (χ2v) is 2.48. The maximum Gasteiger partial charge on any atom is 0.0225 e. The molecule has 0 aliphatic carbocycles. The van der Waals surface area contributed by atoms with Crippen LogP contribution in [0, 0.1) is 5.92 Å². The van der Waals surface area contributed by atoms with Gasteiger partial charge in [0, 0.05) is 12.6 Å². The fourth-order valence-corrected chi connectivity index (χ4v) is 1.14. The maximum atomic E-state index is 3.17.